The molecule has 0 bridgehead atoms. The Morgan fingerprint density at radius 2 is 1.93 bits per heavy atom. The maximum atomic E-state index is 13.1. The number of rotatable bonds is 11. The third-order valence-corrected chi connectivity index (χ3v) is 9.39. The SMILES string of the molecule is CC(C)(C)OC(=O)NCc1cccc(CC(=O)NC2C(=O)N3C(C(=O)[O-])=C(C(CS(=O)(=O)[O-])Sc4nn[nH]n4)CS[C@@H]23)c1.[Na+].[Na+]. The molecule has 3 amide bonds. The number of amides is 3. The van der Waals surface area contributed by atoms with Crippen LogP contribution in [0.5, 0.6) is 0 Å². The molecule has 1 aromatic carbocycles. The van der Waals surface area contributed by atoms with Gasteiger partial charge in [-0.2, -0.15) is 5.21 Å². The third-order valence-electron chi connectivity index (χ3n) is 6.02. The van der Waals surface area contributed by atoms with Crippen molar-refractivity contribution in [3.8, 4) is 0 Å². The number of carboxylic acid groups (broad SMARTS) is 1. The maximum absolute atomic E-state index is 13.1. The summed E-state index contributed by atoms with van der Waals surface area (Å²) in [5, 5.41) is 28.3. The molecule has 1 fully saturated rings. The Bertz CT molecular complexity index is 1550. The van der Waals surface area contributed by atoms with Crippen LogP contribution < -0.4 is 74.9 Å². The zero-order valence-electron chi connectivity index (χ0n) is 25.1. The number of hydrogen-bond acceptors (Lipinski definition) is 14. The standard InChI is InChI=1S/C24H29N7O9S3.2Na/c1-24(2,3)40-23(36)25-9-13-6-4-5-12(7-13)8-16(32)26-17-19(33)31-18(21(34)35)14(10-41-20(17)31)15(11-43(37,38)39)42-22-27-29-30-28-22;;/h4-7,15,17,20H,8-11H2,1-3H3,(H,25,36)(H,26,32)(H,34,35)(H,37,38,39)(H,27,28,29,30);;/q;2*+1/p-2/t15?,17?,20-;;/m0../s1. The molecule has 2 aliphatic rings. The molecule has 3 atom stereocenters. The predicted molar refractivity (Wildman–Crippen MR) is 149 cm³/mol. The normalized spacial score (nSPS) is 18.4. The van der Waals surface area contributed by atoms with Gasteiger partial charge in [-0.3, -0.25) is 14.5 Å². The fourth-order valence-corrected chi connectivity index (χ4v) is 7.99. The molecule has 0 radical (unpaired) electrons. The van der Waals surface area contributed by atoms with Gasteiger partial charge >= 0.3 is 65.2 Å². The summed E-state index contributed by atoms with van der Waals surface area (Å²) >= 11 is 1.80. The van der Waals surface area contributed by atoms with E-state index in [1.54, 1.807) is 45.0 Å². The van der Waals surface area contributed by atoms with E-state index >= 15 is 0 Å². The van der Waals surface area contributed by atoms with E-state index in [-0.39, 0.29) is 88.6 Å². The van der Waals surface area contributed by atoms with Crippen LogP contribution in [0.25, 0.3) is 0 Å². The van der Waals surface area contributed by atoms with Crippen LogP contribution in [0.1, 0.15) is 31.9 Å². The predicted octanol–water partition coefficient (Wildman–Crippen LogP) is -7.12. The molecule has 2 aromatic rings. The van der Waals surface area contributed by atoms with Gasteiger partial charge in [-0.05, 0) is 42.7 Å². The Hall–Kier alpha value is -1.68. The summed E-state index contributed by atoms with van der Waals surface area (Å²) in [4.78, 5) is 50.9. The zero-order chi connectivity index (χ0) is 31.5. The number of nitrogens with zero attached hydrogens (tertiary/aromatic N) is 4. The van der Waals surface area contributed by atoms with Crippen molar-refractivity contribution < 1.29 is 101 Å². The molecular formula is C24H27N7Na2O9S3. The number of alkyl carbamates (subject to hydrolysis) is 1. The molecule has 0 spiro atoms. The van der Waals surface area contributed by atoms with Crippen molar-refractivity contribution in [1.29, 1.82) is 0 Å². The zero-order valence-corrected chi connectivity index (χ0v) is 31.5. The third kappa shape index (κ3) is 10.9. The minimum absolute atomic E-state index is 0. The monoisotopic (exact) mass is 699 g/mol. The number of aromatic amines is 1. The molecule has 2 unspecified atom stereocenters. The molecule has 3 N–H and O–H groups in total. The van der Waals surface area contributed by atoms with E-state index in [0.717, 1.165) is 22.2 Å². The summed E-state index contributed by atoms with van der Waals surface area (Å²) in [6.07, 6.45) is -0.683. The number of nitrogens with one attached hydrogen (secondary N) is 3. The van der Waals surface area contributed by atoms with Crippen LogP contribution in [0.3, 0.4) is 0 Å². The molecule has 3 heterocycles. The van der Waals surface area contributed by atoms with Crippen molar-refractivity contribution in [2.75, 3.05) is 11.5 Å². The maximum Gasteiger partial charge on any atom is 1.00 e. The average molecular weight is 700 g/mol. The quantitative estimate of drug-likeness (QED) is 0.0855. The summed E-state index contributed by atoms with van der Waals surface area (Å²) in [5.41, 5.74) is 0.0922. The molecule has 1 aromatic heterocycles. The van der Waals surface area contributed by atoms with Gasteiger partial charge in [0.25, 0.3) is 5.91 Å². The van der Waals surface area contributed by atoms with Gasteiger partial charge in [-0.1, -0.05) is 36.0 Å². The summed E-state index contributed by atoms with van der Waals surface area (Å²) in [7, 11) is -4.83. The molecule has 0 aliphatic carbocycles. The summed E-state index contributed by atoms with van der Waals surface area (Å²) in [6.45, 7) is 5.40. The number of aliphatic carboxylic acids is 1. The van der Waals surface area contributed by atoms with Crippen LogP contribution in [-0.2, 0) is 42.2 Å². The van der Waals surface area contributed by atoms with Gasteiger partial charge in [-0.25, -0.2) is 13.2 Å². The van der Waals surface area contributed by atoms with Crippen LogP contribution in [0.4, 0.5) is 4.79 Å². The Morgan fingerprint density at radius 3 is 2.53 bits per heavy atom. The van der Waals surface area contributed by atoms with Crippen LogP contribution in [-0.4, -0.2) is 96.1 Å². The molecular weight excluding hydrogens is 672 g/mol. The van der Waals surface area contributed by atoms with Gasteiger partial charge in [0.05, 0.1) is 34.0 Å². The van der Waals surface area contributed by atoms with Crippen molar-refractivity contribution in [2.45, 2.75) is 61.2 Å². The van der Waals surface area contributed by atoms with E-state index in [0.29, 0.717) is 17.3 Å². The molecule has 0 saturated carbocycles. The smallest absolute Gasteiger partial charge is 0.748 e. The molecule has 21 heteroatoms. The van der Waals surface area contributed by atoms with E-state index < -0.39 is 67.7 Å². The Kier molecular flexibility index (Phi) is 14.4. The number of β-lactam (4-membered cyclic amide) rings is 1. The van der Waals surface area contributed by atoms with E-state index in [4.69, 9.17) is 4.74 Å². The van der Waals surface area contributed by atoms with E-state index in [9.17, 15) is 37.3 Å². The van der Waals surface area contributed by atoms with Crippen molar-refractivity contribution in [1.82, 2.24) is 36.2 Å². The number of hydrogen-bond donors (Lipinski definition) is 3. The number of tetrazole rings is 1. The number of carboxylic acids is 1. The second-order valence-corrected chi connectivity index (χ2v) is 14.2. The Balaban J connectivity index is 0.00000353. The average Bonchev–Trinajstić information content (AvgIpc) is 3.41. The van der Waals surface area contributed by atoms with Crippen LogP contribution >= 0.6 is 23.5 Å². The topological polar surface area (TPSA) is 240 Å². The first-order valence-electron chi connectivity index (χ1n) is 12.7. The van der Waals surface area contributed by atoms with Crippen molar-refractivity contribution in [3.05, 3.63) is 46.7 Å². The van der Waals surface area contributed by atoms with E-state index in [1.165, 1.54) is 0 Å². The van der Waals surface area contributed by atoms with Gasteiger partial charge < -0.3 is 29.8 Å². The fourth-order valence-electron chi connectivity index (χ4n) is 4.35. The number of benzene rings is 1. The largest absolute Gasteiger partial charge is 1.00 e. The molecule has 232 valence electrons. The second-order valence-electron chi connectivity index (χ2n) is 10.5. The van der Waals surface area contributed by atoms with Crippen LogP contribution in [0.15, 0.2) is 40.7 Å². The molecule has 4 rings (SSSR count). The van der Waals surface area contributed by atoms with Gasteiger partial charge in [0.15, 0.2) is 0 Å². The van der Waals surface area contributed by atoms with Gasteiger partial charge in [-0.15, -0.1) is 22.0 Å². The minimum atomic E-state index is -4.83. The minimum Gasteiger partial charge on any atom is -0.748 e. The number of carbonyl (C=O) groups excluding carboxylic acids is 4. The van der Waals surface area contributed by atoms with Crippen LogP contribution in [0.2, 0.25) is 0 Å². The van der Waals surface area contributed by atoms with E-state index in [2.05, 4.69) is 31.3 Å². The number of ether oxygens (including phenoxy) is 1. The number of aromatic nitrogens is 4. The second kappa shape index (κ2) is 16.4. The molecule has 1 saturated heterocycles. The number of thioether (sulfide) groups is 2. The first-order chi connectivity index (χ1) is 20.1. The summed E-state index contributed by atoms with van der Waals surface area (Å²) < 4.78 is 40.0. The van der Waals surface area contributed by atoms with Gasteiger partial charge in [0.2, 0.25) is 11.1 Å². The number of carbonyl (C=O) groups is 4. The number of fused-ring (bicyclic) bond motifs is 1. The van der Waals surface area contributed by atoms with E-state index in [1.807, 2.05) is 0 Å². The first kappa shape index (κ1) is 39.5. The Labute approximate surface area is 311 Å². The molecule has 2 aliphatic heterocycles. The molecule has 16 nitrogen and oxygen atoms in total. The fraction of sp³-hybridized carbons (Fsp3) is 0.458. The van der Waals surface area contributed by atoms with Crippen LogP contribution in [0, 0.1) is 0 Å². The molecule has 45 heavy (non-hydrogen) atoms. The van der Waals surface area contributed by atoms with Crippen molar-refractivity contribution >= 4 is 57.5 Å². The van der Waals surface area contributed by atoms with Gasteiger partial charge in [0, 0.05) is 17.5 Å². The van der Waals surface area contributed by atoms with Gasteiger partial charge in [0.1, 0.15) is 17.0 Å². The number of H-pyrrole nitrogens is 1. The van der Waals surface area contributed by atoms with Crippen molar-refractivity contribution in [2.24, 2.45) is 0 Å². The Morgan fingerprint density at radius 1 is 1.24 bits per heavy atom. The summed E-state index contributed by atoms with van der Waals surface area (Å²) in [6, 6.07) is 5.85. The first-order valence-corrected chi connectivity index (χ1v) is 16.2. The summed E-state index contributed by atoms with van der Waals surface area (Å²) in [5.74, 6) is -4.02. The van der Waals surface area contributed by atoms with Crippen molar-refractivity contribution in [3.63, 3.8) is 0 Å².